The predicted octanol–water partition coefficient (Wildman–Crippen LogP) is 5.47. The molecule has 3 aromatic rings. The van der Waals surface area contributed by atoms with E-state index in [0.29, 0.717) is 36.1 Å². The van der Waals surface area contributed by atoms with Crippen molar-refractivity contribution in [1.29, 1.82) is 0 Å². The van der Waals surface area contributed by atoms with E-state index in [4.69, 9.17) is 4.74 Å². The Morgan fingerprint density at radius 1 is 1.19 bits per heavy atom. The number of rotatable bonds is 8. The van der Waals surface area contributed by atoms with Crippen LogP contribution in [-0.2, 0) is 17.8 Å². The minimum atomic E-state index is -0.388. The fourth-order valence-corrected chi connectivity index (χ4v) is 5.26. The fourth-order valence-electron chi connectivity index (χ4n) is 4.58. The first-order valence-corrected chi connectivity index (χ1v) is 13.3. The van der Waals surface area contributed by atoms with Crippen LogP contribution in [-0.4, -0.2) is 46.2 Å². The van der Waals surface area contributed by atoms with Gasteiger partial charge in [0, 0.05) is 30.9 Å². The van der Waals surface area contributed by atoms with Crippen LogP contribution in [0.15, 0.2) is 47.8 Å². The number of fused-ring (bicyclic) bond motifs is 1. The van der Waals surface area contributed by atoms with Gasteiger partial charge in [-0.15, -0.1) is 11.3 Å². The highest BCUT2D eigenvalue weighted by atomic mass is 32.1. The van der Waals surface area contributed by atoms with Gasteiger partial charge in [-0.05, 0) is 61.2 Å². The summed E-state index contributed by atoms with van der Waals surface area (Å²) in [5.41, 5.74) is 3.23. The van der Waals surface area contributed by atoms with Crippen LogP contribution in [0.1, 0.15) is 65.9 Å². The van der Waals surface area contributed by atoms with E-state index < -0.39 is 0 Å². The van der Waals surface area contributed by atoms with Gasteiger partial charge >= 0.3 is 0 Å². The molecule has 0 aliphatic carbocycles. The van der Waals surface area contributed by atoms with Crippen molar-refractivity contribution in [3.05, 3.63) is 81.1 Å². The predicted molar refractivity (Wildman–Crippen MR) is 139 cm³/mol. The molecule has 0 spiro atoms. The first-order valence-electron chi connectivity index (χ1n) is 12.4. The number of thiazole rings is 1. The van der Waals surface area contributed by atoms with Crippen LogP contribution in [0.5, 0.6) is 5.75 Å². The molecule has 1 aromatic heterocycles. The van der Waals surface area contributed by atoms with E-state index >= 15 is 0 Å². The SMILES string of the molecule is CCN(CC)C(=O)c1csc(COc2ccc3c(c2)C(c2cccc(F)c2)N(C(=O)C(C)C)CC3)n1. The summed E-state index contributed by atoms with van der Waals surface area (Å²) >= 11 is 1.39. The highest BCUT2D eigenvalue weighted by Crippen LogP contribution is 2.38. The Morgan fingerprint density at radius 2 is 1.97 bits per heavy atom. The smallest absolute Gasteiger partial charge is 0.273 e. The molecule has 0 saturated carbocycles. The van der Waals surface area contributed by atoms with E-state index in [9.17, 15) is 14.0 Å². The first-order chi connectivity index (χ1) is 17.3. The highest BCUT2D eigenvalue weighted by Gasteiger charge is 2.33. The lowest BCUT2D eigenvalue weighted by atomic mass is 9.87. The lowest BCUT2D eigenvalue weighted by Crippen LogP contribution is -2.42. The van der Waals surface area contributed by atoms with Gasteiger partial charge in [0.25, 0.3) is 5.91 Å². The summed E-state index contributed by atoms with van der Waals surface area (Å²) in [5, 5.41) is 2.48. The monoisotopic (exact) mass is 509 g/mol. The molecule has 36 heavy (non-hydrogen) atoms. The number of benzene rings is 2. The minimum Gasteiger partial charge on any atom is -0.486 e. The van der Waals surface area contributed by atoms with Crippen LogP contribution >= 0.6 is 11.3 Å². The molecule has 1 aliphatic heterocycles. The van der Waals surface area contributed by atoms with E-state index in [1.807, 2.05) is 56.9 Å². The Balaban J connectivity index is 1.59. The summed E-state index contributed by atoms with van der Waals surface area (Å²) in [6.45, 7) is 9.73. The minimum absolute atomic E-state index is 0.0365. The third kappa shape index (κ3) is 5.43. The zero-order valence-corrected chi connectivity index (χ0v) is 22.0. The van der Waals surface area contributed by atoms with E-state index in [-0.39, 0.29) is 36.2 Å². The molecule has 1 unspecified atom stereocenters. The zero-order valence-electron chi connectivity index (χ0n) is 21.2. The second-order valence-corrected chi connectivity index (χ2v) is 10.1. The van der Waals surface area contributed by atoms with E-state index in [2.05, 4.69) is 4.98 Å². The molecule has 2 aromatic carbocycles. The van der Waals surface area contributed by atoms with E-state index in [0.717, 1.165) is 23.1 Å². The molecular formula is C28H32FN3O3S. The number of ether oxygens (including phenoxy) is 1. The van der Waals surface area contributed by atoms with Gasteiger partial charge in [-0.1, -0.05) is 32.0 Å². The third-order valence-corrected chi connectivity index (χ3v) is 7.29. The summed E-state index contributed by atoms with van der Waals surface area (Å²) in [5.74, 6) is 0.0994. The summed E-state index contributed by atoms with van der Waals surface area (Å²) in [7, 11) is 0. The lowest BCUT2D eigenvalue weighted by molar-refractivity contribution is -0.136. The molecule has 0 radical (unpaired) electrons. The van der Waals surface area contributed by atoms with Crippen molar-refractivity contribution in [2.75, 3.05) is 19.6 Å². The summed E-state index contributed by atoms with van der Waals surface area (Å²) in [6, 6.07) is 11.9. The van der Waals surface area contributed by atoms with Crippen molar-refractivity contribution in [1.82, 2.24) is 14.8 Å². The summed E-state index contributed by atoms with van der Waals surface area (Å²) in [6.07, 6.45) is 0.725. The number of amides is 2. The van der Waals surface area contributed by atoms with Crippen molar-refractivity contribution in [2.45, 2.75) is 46.8 Å². The first kappa shape index (κ1) is 25.8. The topological polar surface area (TPSA) is 62.7 Å². The zero-order chi connectivity index (χ0) is 25.8. The lowest BCUT2D eigenvalue weighted by Gasteiger charge is -2.39. The molecule has 4 rings (SSSR count). The van der Waals surface area contributed by atoms with Crippen molar-refractivity contribution in [3.8, 4) is 5.75 Å². The standard InChI is InChI=1S/C28H32FN3O3S/c1-5-31(6-2)28(34)24-17-36-25(30-24)16-35-22-11-10-19-12-13-32(27(33)18(3)4)26(23(19)15-22)20-8-7-9-21(29)14-20/h7-11,14-15,17-18,26H,5-6,12-13,16H2,1-4H3. The summed E-state index contributed by atoms with van der Waals surface area (Å²) < 4.78 is 20.2. The van der Waals surface area contributed by atoms with Crippen LogP contribution in [0.2, 0.25) is 0 Å². The Bertz CT molecular complexity index is 1240. The quantitative estimate of drug-likeness (QED) is 0.404. The van der Waals surface area contributed by atoms with Crippen LogP contribution in [0, 0.1) is 11.7 Å². The average Bonchev–Trinajstić information content (AvgIpc) is 3.36. The normalized spacial score (nSPS) is 15.1. The molecule has 2 amide bonds. The van der Waals surface area contributed by atoms with Gasteiger partial charge in [-0.3, -0.25) is 9.59 Å². The number of carbonyl (C=O) groups excluding carboxylic acids is 2. The highest BCUT2D eigenvalue weighted by molar-refractivity contribution is 7.09. The molecule has 2 heterocycles. The van der Waals surface area contributed by atoms with Crippen molar-refractivity contribution in [2.24, 2.45) is 5.92 Å². The Hall–Kier alpha value is -3.26. The number of hydrogen-bond acceptors (Lipinski definition) is 5. The Labute approximate surface area is 215 Å². The van der Waals surface area contributed by atoms with Crippen molar-refractivity contribution in [3.63, 3.8) is 0 Å². The second kappa shape index (κ2) is 11.2. The summed E-state index contributed by atoms with van der Waals surface area (Å²) in [4.78, 5) is 33.7. The van der Waals surface area contributed by atoms with E-state index in [1.54, 1.807) is 16.3 Å². The maximum Gasteiger partial charge on any atom is 0.273 e. The molecule has 0 saturated heterocycles. The maximum absolute atomic E-state index is 14.2. The van der Waals surface area contributed by atoms with Gasteiger partial charge in [0.2, 0.25) is 5.91 Å². The van der Waals surface area contributed by atoms with Gasteiger partial charge in [0.05, 0.1) is 6.04 Å². The van der Waals surface area contributed by atoms with Gasteiger partial charge in [-0.25, -0.2) is 9.37 Å². The number of carbonyl (C=O) groups is 2. The number of hydrogen-bond donors (Lipinski definition) is 0. The molecule has 0 N–H and O–H groups in total. The molecule has 1 atom stereocenters. The Morgan fingerprint density at radius 3 is 2.67 bits per heavy atom. The van der Waals surface area contributed by atoms with Gasteiger partial charge in [0.15, 0.2) is 0 Å². The van der Waals surface area contributed by atoms with Crippen molar-refractivity contribution < 1.29 is 18.7 Å². The van der Waals surface area contributed by atoms with Crippen LogP contribution < -0.4 is 4.74 Å². The molecule has 6 nitrogen and oxygen atoms in total. The molecule has 1 aliphatic rings. The van der Waals surface area contributed by atoms with Crippen LogP contribution in [0.25, 0.3) is 0 Å². The molecule has 190 valence electrons. The number of halogens is 1. The van der Waals surface area contributed by atoms with E-state index in [1.165, 1.54) is 23.5 Å². The number of aromatic nitrogens is 1. The van der Waals surface area contributed by atoms with Crippen molar-refractivity contribution >= 4 is 23.2 Å². The largest absolute Gasteiger partial charge is 0.486 e. The molecule has 8 heteroatoms. The maximum atomic E-state index is 14.2. The van der Waals surface area contributed by atoms with Gasteiger partial charge in [-0.2, -0.15) is 0 Å². The average molecular weight is 510 g/mol. The molecular weight excluding hydrogens is 477 g/mol. The van der Waals surface area contributed by atoms with Gasteiger partial charge in [0.1, 0.15) is 28.9 Å². The molecule has 0 fully saturated rings. The number of nitrogens with zero attached hydrogens (tertiary/aromatic N) is 3. The van der Waals surface area contributed by atoms with Gasteiger partial charge < -0.3 is 14.5 Å². The fraction of sp³-hybridized carbons (Fsp3) is 0.393. The Kier molecular flexibility index (Phi) is 8.04. The van der Waals surface area contributed by atoms with Crippen LogP contribution in [0.4, 0.5) is 4.39 Å². The second-order valence-electron chi connectivity index (χ2n) is 9.15. The molecule has 0 bridgehead atoms. The third-order valence-electron chi connectivity index (χ3n) is 6.47. The van der Waals surface area contributed by atoms with Crippen LogP contribution in [0.3, 0.4) is 0 Å².